The van der Waals surface area contributed by atoms with Gasteiger partial charge in [-0.05, 0) is 33.2 Å². The molecule has 1 aromatic rings. The van der Waals surface area contributed by atoms with E-state index in [1.807, 2.05) is 13.8 Å². The summed E-state index contributed by atoms with van der Waals surface area (Å²) in [6.07, 6.45) is 3.01. The van der Waals surface area contributed by atoms with E-state index < -0.39 is 10.0 Å². The molecule has 0 aliphatic heterocycles. The molecule has 1 aliphatic rings. The maximum absolute atomic E-state index is 12.8. The van der Waals surface area contributed by atoms with Crippen molar-refractivity contribution in [1.82, 2.24) is 9.62 Å². The molecule has 0 atom stereocenters. The largest absolute Gasteiger partial charge is 0.465 e. The molecular weight excluding hydrogens is 276 g/mol. The first-order valence-electron chi connectivity index (χ1n) is 7.17. The van der Waals surface area contributed by atoms with Gasteiger partial charge in [0.25, 0.3) is 0 Å². The lowest BCUT2D eigenvalue weighted by Gasteiger charge is -2.33. The molecule has 0 bridgehead atoms. The van der Waals surface area contributed by atoms with Gasteiger partial charge in [-0.3, -0.25) is 0 Å². The van der Waals surface area contributed by atoms with Crippen LogP contribution in [0.1, 0.15) is 43.3 Å². The summed E-state index contributed by atoms with van der Waals surface area (Å²) in [6, 6.07) is 0.140. The normalized spacial score (nSPS) is 16.6. The van der Waals surface area contributed by atoms with Crippen LogP contribution in [0.2, 0.25) is 0 Å². The first kappa shape index (κ1) is 15.5. The lowest BCUT2D eigenvalue weighted by Crippen LogP contribution is -2.41. The fourth-order valence-electron chi connectivity index (χ4n) is 2.59. The summed E-state index contributed by atoms with van der Waals surface area (Å²) in [5.74, 6) is 1.17. The first-order valence-corrected chi connectivity index (χ1v) is 8.61. The quantitative estimate of drug-likeness (QED) is 0.874. The third kappa shape index (κ3) is 2.64. The highest BCUT2D eigenvalue weighted by Crippen LogP contribution is 2.33. The van der Waals surface area contributed by atoms with Crippen molar-refractivity contribution in [3.05, 3.63) is 17.1 Å². The summed E-state index contributed by atoms with van der Waals surface area (Å²) in [5.41, 5.74) is 0.760. The number of furan rings is 1. The van der Waals surface area contributed by atoms with Crippen molar-refractivity contribution in [1.29, 1.82) is 0 Å². The molecule has 0 radical (unpaired) electrons. The van der Waals surface area contributed by atoms with E-state index in [1.54, 1.807) is 14.0 Å². The summed E-state index contributed by atoms with van der Waals surface area (Å²) in [5, 5.41) is 3.18. The summed E-state index contributed by atoms with van der Waals surface area (Å²) < 4.78 is 32.7. The zero-order chi connectivity index (χ0) is 14.9. The highest BCUT2D eigenvalue weighted by atomic mass is 32.2. The molecule has 1 fully saturated rings. The van der Waals surface area contributed by atoms with Crippen LogP contribution in [0.5, 0.6) is 0 Å². The van der Waals surface area contributed by atoms with E-state index in [0.717, 1.165) is 31.4 Å². The number of sulfonamides is 1. The smallest absolute Gasteiger partial charge is 0.246 e. The number of rotatable bonds is 6. The molecule has 1 saturated carbocycles. The third-order valence-corrected chi connectivity index (χ3v) is 6.21. The molecule has 0 unspecified atom stereocenters. The van der Waals surface area contributed by atoms with Crippen LogP contribution in [0.25, 0.3) is 0 Å². The molecule has 0 amide bonds. The minimum atomic E-state index is -3.47. The van der Waals surface area contributed by atoms with Gasteiger partial charge in [0, 0.05) is 25.2 Å². The van der Waals surface area contributed by atoms with Crippen molar-refractivity contribution in [2.24, 2.45) is 0 Å². The van der Waals surface area contributed by atoms with Gasteiger partial charge in [-0.25, -0.2) is 8.42 Å². The Morgan fingerprint density at radius 3 is 2.45 bits per heavy atom. The molecule has 0 saturated heterocycles. The van der Waals surface area contributed by atoms with Gasteiger partial charge >= 0.3 is 0 Å². The lowest BCUT2D eigenvalue weighted by molar-refractivity contribution is 0.249. The van der Waals surface area contributed by atoms with E-state index in [1.165, 1.54) is 4.31 Å². The number of hydrogen-bond donors (Lipinski definition) is 1. The van der Waals surface area contributed by atoms with Crippen LogP contribution >= 0.6 is 0 Å². The Morgan fingerprint density at radius 2 is 1.95 bits per heavy atom. The summed E-state index contributed by atoms with van der Waals surface area (Å²) >= 11 is 0. The van der Waals surface area contributed by atoms with Crippen molar-refractivity contribution in [2.75, 3.05) is 13.6 Å². The Labute approximate surface area is 121 Å². The van der Waals surface area contributed by atoms with Crippen LogP contribution in [0, 0.1) is 13.8 Å². The molecule has 114 valence electrons. The summed E-state index contributed by atoms with van der Waals surface area (Å²) in [6.45, 7) is 6.86. The van der Waals surface area contributed by atoms with Crippen molar-refractivity contribution >= 4 is 10.0 Å². The van der Waals surface area contributed by atoms with Crippen LogP contribution in [-0.4, -0.2) is 32.4 Å². The molecule has 6 heteroatoms. The summed E-state index contributed by atoms with van der Waals surface area (Å²) in [4.78, 5) is 0.352. The predicted molar refractivity (Wildman–Crippen MR) is 78.2 cm³/mol. The lowest BCUT2D eigenvalue weighted by atomic mass is 9.94. The van der Waals surface area contributed by atoms with Gasteiger partial charge < -0.3 is 9.73 Å². The second-order valence-corrected chi connectivity index (χ2v) is 7.34. The van der Waals surface area contributed by atoms with Crippen LogP contribution < -0.4 is 5.32 Å². The van der Waals surface area contributed by atoms with Crippen molar-refractivity contribution in [3.63, 3.8) is 0 Å². The van der Waals surface area contributed by atoms with Crippen molar-refractivity contribution in [3.8, 4) is 0 Å². The predicted octanol–water partition coefficient (Wildman–Crippen LogP) is 2.18. The molecule has 0 aromatic carbocycles. The van der Waals surface area contributed by atoms with E-state index >= 15 is 0 Å². The van der Waals surface area contributed by atoms with Crippen LogP contribution in [0.4, 0.5) is 0 Å². The zero-order valence-corrected chi connectivity index (χ0v) is 13.5. The Balaban J connectivity index is 2.39. The van der Waals surface area contributed by atoms with E-state index in [4.69, 9.17) is 4.42 Å². The highest BCUT2D eigenvalue weighted by Gasteiger charge is 2.36. The van der Waals surface area contributed by atoms with E-state index in [0.29, 0.717) is 23.0 Å². The first-order chi connectivity index (χ1) is 9.39. The number of aryl methyl sites for hydroxylation is 2. The molecule has 2 rings (SSSR count). The average Bonchev–Trinajstić information content (AvgIpc) is 2.59. The molecule has 0 spiro atoms. The van der Waals surface area contributed by atoms with Crippen LogP contribution in [-0.2, 0) is 16.6 Å². The van der Waals surface area contributed by atoms with Gasteiger partial charge in [-0.2, -0.15) is 4.31 Å². The highest BCUT2D eigenvalue weighted by molar-refractivity contribution is 7.89. The zero-order valence-electron chi connectivity index (χ0n) is 12.7. The topological polar surface area (TPSA) is 62.6 Å². The average molecular weight is 300 g/mol. The van der Waals surface area contributed by atoms with E-state index in [2.05, 4.69) is 5.32 Å². The Bertz CT molecular complexity index is 573. The molecule has 1 aliphatic carbocycles. The third-order valence-electron chi connectivity index (χ3n) is 4.10. The van der Waals surface area contributed by atoms with Gasteiger partial charge in [0.1, 0.15) is 16.4 Å². The summed E-state index contributed by atoms with van der Waals surface area (Å²) in [7, 11) is -1.79. The number of nitrogens with zero attached hydrogens (tertiary/aromatic N) is 1. The van der Waals surface area contributed by atoms with Crippen molar-refractivity contribution in [2.45, 2.75) is 57.5 Å². The second kappa shape index (κ2) is 5.87. The minimum Gasteiger partial charge on any atom is -0.465 e. The molecule has 1 aromatic heterocycles. The molecular formula is C14H24N2O3S. The standard InChI is InChI=1S/C14H24N2O3S/c1-5-15-9-13-10(2)19-11(3)14(13)20(17,18)16(4)12-7-6-8-12/h12,15H,5-9H2,1-4H3. The number of nitrogens with one attached hydrogen (secondary N) is 1. The number of hydrogen-bond acceptors (Lipinski definition) is 4. The van der Waals surface area contributed by atoms with Gasteiger partial charge in [0.15, 0.2) is 0 Å². The van der Waals surface area contributed by atoms with Gasteiger partial charge in [-0.1, -0.05) is 13.3 Å². The van der Waals surface area contributed by atoms with Crippen LogP contribution in [0.3, 0.4) is 0 Å². The van der Waals surface area contributed by atoms with Gasteiger partial charge in [0.2, 0.25) is 10.0 Å². The fraction of sp³-hybridized carbons (Fsp3) is 0.714. The van der Waals surface area contributed by atoms with E-state index in [9.17, 15) is 8.42 Å². The molecule has 20 heavy (non-hydrogen) atoms. The molecule has 5 nitrogen and oxygen atoms in total. The van der Waals surface area contributed by atoms with Crippen LogP contribution in [0.15, 0.2) is 9.31 Å². The fourth-order valence-corrected chi connectivity index (χ4v) is 4.42. The Hall–Kier alpha value is -0.850. The molecule has 1 heterocycles. The molecule has 1 N–H and O–H groups in total. The second-order valence-electron chi connectivity index (χ2n) is 5.41. The maximum Gasteiger partial charge on any atom is 0.246 e. The van der Waals surface area contributed by atoms with Gasteiger partial charge in [0.05, 0.1) is 0 Å². The SMILES string of the molecule is CCNCc1c(C)oc(C)c1S(=O)(=O)N(C)C1CCC1. The van der Waals surface area contributed by atoms with E-state index in [-0.39, 0.29) is 6.04 Å². The Morgan fingerprint density at radius 1 is 1.30 bits per heavy atom. The Kier molecular flexibility index (Phi) is 4.56. The monoisotopic (exact) mass is 300 g/mol. The van der Waals surface area contributed by atoms with Gasteiger partial charge in [-0.15, -0.1) is 0 Å². The minimum absolute atomic E-state index is 0.140. The maximum atomic E-state index is 12.8. The van der Waals surface area contributed by atoms with Crippen molar-refractivity contribution < 1.29 is 12.8 Å².